The van der Waals surface area contributed by atoms with Crippen molar-refractivity contribution in [3.05, 3.63) is 61.1 Å². The molecule has 8 heteroatoms. The second kappa shape index (κ2) is 4.98. The number of nitrogens with one attached hydrogen (secondary N) is 1. The molecule has 0 spiro atoms. The van der Waals surface area contributed by atoms with Gasteiger partial charge < -0.3 is 10.1 Å². The number of aromatic amines is 1. The zero-order valence-corrected chi connectivity index (χ0v) is 11.4. The van der Waals surface area contributed by atoms with Crippen LogP contribution in [0.1, 0.15) is 15.4 Å². The Kier molecular flexibility index (Phi) is 3.15. The topological polar surface area (TPSA) is 105 Å². The van der Waals surface area contributed by atoms with Crippen molar-refractivity contribution in [3.8, 4) is 0 Å². The van der Waals surface area contributed by atoms with E-state index < -0.39 is 17.1 Å². The van der Waals surface area contributed by atoms with Gasteiger partial charge in [0.05, 0.1) is 23.1 Å². The molecule has 2 heterocycles. The SMILES string of the molecule is O=C(O)c1cccc2[nH]c(=O)c(=O)n(Cc3nccs3)c12. The molecule has 0 saturated heterocycles. The van der Waals surface area contributed by atoms with E-state index >= 15 is 0 Å². The third-order valence-corrected chi connectivity index (χ3v) is 3.77. The van der Waals surface area contributed by atoms with Crippen LogP contribution in [0.3, 0.4) is 0 Å². The molecule has 2 aromatic heterocycles. The first-order chi connectivity index (χ1) is 10.1. The van der Waals surface area contributed by atoms with Gasteiger partial charge >= 0.3 is 17.1 Å². The number of aromatic nitrogens is 3. The number of carbonyl (C=O) groups is 1. The van der Waals surface area contributed by atoms with Crippen LogP contribution in [0.25, 0.3) is 11.0 Å². The summed E-state index contributed by atoms with van der Waals surface area (Å²) in [6.07, 6.45) is 1.58. The summed E-state index contributed by atoms with van der Waals surface area (Å²) in [6.45, 7) is 0.0568. The molecule has 3 aromatic rings. The normalized spacial score (nSPS) is 10.9. The molecule has 0 bridgehead atoms. The highest BCUT2D eigenvalue weighted by Crippen LogP contribution is 2.16. The number of benzene rings is 1. The predicted molar refractivity (Wildman–Crippen MR) is 77.0 cm³/mol. The van der Waals surface area contributed by atoms with E-state index in [4.69, 9.17) is 0 Å². The molecule has 0 unspecified atom stereocenters. The average molecular weight is 303 g/mol. The standard InChI is InChI=1S/C13H9N3O4S/c17-11-12(18)16(6-9-14-4-5-21-9)10-7(13(19)20)2-1-3-8(10)15-11/h1-5H,6H2,(H,15,17)(H,19,20). The van der Waals surface area contributed by atoms with Crippen LogP contribution < -0.4 is 11.1 Å². The number of H-pyrrole nitrogens is 1. The van der Waals surface area contributed by atoms with E-state index in [1.54, 1.807) is 17.6 Å². The lowest BCUT2D eigenvalue weighted by Gasteiger charge is -2.10. The van der Waals surface area contributed by atoms with E-state index in [-0.39, 0.29) is 17.6 Å². The highest BCUT2D eigenvalue weighted by molar-refractivity contribution is 7.09. The first-order valence-electron chi connectivity index (χ1n) is 5.95. The Labute approximate surface area is 121 Å². The average Bonchev–Trinajstić information content (AvgIpc) is 2.96. The molecule has 0 aliphatic heterocycles. The van der Waals surface area contributed by atoms with Crippen LogP contribution in [0, 0.1) is 0 Å². The zero-order valence-electron chi connectivity index (χ0n) is 10.6. The lowest BCUT2D eigenvalue weighted by atomic mass is 10.1. The summed E-state index contributed by atoms with van der Waals surface area (Å²) in [4.78, 5) is 41.6. The number of hydrogen-bond donors (Lipinski definition) is 2. The summed E-state index contributed by atoms with van der Waals surface area (Å²) >= 11 is 1.32. The van der Waals surface area contributed by atoms with E-state index in [2.05, 4.69) is 9.97 Å². The Morgan fingerprint density at radius 3 is 2.86 bits per heavy atom. The molecule has 0 amide bonds. The van der Waals surface area contributed by atoms with Gasteiger partial charge in [0.2, 0.25) is 0 Å². The summed E-state index contributed by atoms with van der Waals surface area (Å²) < 4.78 is 1.15. The first kappa shape index (κ1) is 13.3. The van der Waals surface area contributed by atoms with E-state index in [1.165, 1.54) is 23.5 Å². The molecular weight excluding hydrogens is 294 g/mol. The molecule has 2 N–H and O–H groups in total. The molecule has 21 heavy (non-hydrogen) atoms. The van der Waals surface area contributed by atoms with Crippen molar-refractivity contribution in [2.24, 2.45) is 0 Å². The Balaban J connectivity index is 2.39. The number of carboxylic acid groups (broad SMARTS) is 1. The number of nitrogens with zero attached hydrogens (tertiary/aromatic N) is 2. The number of para-hydroxylation sites is 1. The second-order valence-corrected chi connectivity index (χ2v) is 5.26. The molecule has 3 rings (SSSR count). The van der Waals surface area contributed by atoms with Gasteiger partial charge in [0.15, 0.2) is 0 Å². The van der Waals surface area contributed by atoms with E-state index in [1.807, 2.05) is 0 Å². The predicted octanol–water partition coefficient (Wildman–Crippen LogP) is 0.893. The van der Waals surface area contributed by atoms with Crippen LogP contribution in [-0.4, -0.2) is 25.6 Å². The van der Waals surface area contributed by atoms with Crippen molar-refractivity contribution >= 4 is 28.3 Å². The van der Waals surface area contributed by atoms with E-state index in [0.717, 1.165) is 4.57 Å². The monoisotopic (exact) mass is 303 g/mol. The van der Waals surface area contributed by atoms with Gasteiger partial charge in [-0.05, 0) is 12.1 Å². The Morgan fingerprint density at radius 1 is 1.38 bits per heavy atom. The van der Waals surface area contributed by atoms with Gasteiger partial charge in [-0.15, -0.1) is 11.3 Å². The van der Waals surface area contributed by atoms with Gasteiger partial charge in [0.1, 0.15) is 5.01 Å². The largest absolute Gasteiger partial charge is 0.478 e. The smallest absolute Gasteiger partial charge is 0.337 e. The maximum atomic E-state index is 12.1. The molecule has 1 aromatic carbocycles. The lowest BCUT2D eigenvalue weighted by Crippen LogP contribution is -2.37. The lowest BCUT2D eigenvalue weighted by molar-refractivity contribution is 0.0698. The second-order valence-electron chi connectivity index (χ2n) is 4.28. The molecular formula is C13H9N3O4S. The van der Waals surface area contributed by atoms with E-state index in [9.17, 15) is 19.5 Å². The minimum Gasteiger partial charge on any atom is -0.478 e. The fraction of sp³-hybridized carbons (Fsp3) is 0.0769. The summed E-state index contributed by atoms with van der Waals surface area (Å²) in [6, 6.07) is 4.46. The third-order valence-electron chi connectivity index (χ3n) is 3.00. The highest BCUT2D eigenvalue weighted by Gasteiger charge is 2.16. The van der Waals surface area contributed by atoms with Gasteiger partial charge in [-0.2, -0.15) is 0 Å². The van der Waals surface area contributed by atoms with Crippen molar-refractivity contribution in [2.45, 2.75) is 6.54 Å². The molecule has 0 aliphatic rings. The van der Waals surface area contributed by atoms with Crippen LogP contribution in [0.5, 0.6) is 0 Å². The fourth-order valence-corrected chi connectivity index (χ4v) is 2.73. The van der Waals surface area contributed by atoms with Gasteiger partial charge in [0, 0.05) is 11.6 Å². The van der Waals surface area contributed by atoms with Crippen molar-refractivity contribution in [3.63, 3.8) is 0 Å². The molecule has 0 aliphatic carbocycles. The maximum Gasteiger partial charge on any atom is 0.337 e. The van der Waals surface area contributed by atoms with Crippen molar-refractivity contribution < 1.29 is 9.90 Å². The van der Waals surface area contributed by atoms with Crippen LogP contribution in [0.4, 0.5) is 0 Å². The van der Waals surface area contributed by atoms with Crippen LogP contribution >= 0.6 is 11.3 Å². The summed E-state index contributed by atoms with van der Waals surface area (Å²) in [5.41, 5.74) is -1.15. The van der Waals surface area contributed by atoms with Crippen LogP contribution in [-0.2, 0) is 6.54 Å². The molecule has 0 radical (unpaired) electrons. The highest BCUT2D eigenvalue weighted by atomic mass is 32.1. The molecule has 0 atom stereocenters. The number of carboxylic acids is 1. The number of thiazole rings is 1. The first-order valence-corrected chi connectivity index (χ1v) is 6.83. The number of rotatable bonds is 3. The fourth-order valence-electron chi connectivity index (χ4n) is 2.12. The van der Waals surface area contributed by atoms with Gasteiger partial charge in [0.25, 0.3) is 0 Å². The zero-order chi connectivity index (χ0) is 15.0. The van der Waals surface area contributed by atoms with Crippen molar-refractivity contribution in [1.82, 2.24) is 14.5 Å². The number of hydrogen-bond acceptors (Lipinski definition) is 5. The van der Waals surface area contributed by atoms with Gasteiger partial charge in [-0.3, -0.25) is 14.2 Å². The maximum absolute atomic E-state index is 12.1. The van der Waals surface area contributed by atoms with Crippen LogP contribution in [0.2, 0.25) is 0 Å². The van der Waals surface area contributed by atoms with Gasteiger partial charge in [-0.25, -0.2) is 9.78 Å². The molecule has 106 valence electrons. The van der Waals surface area contributed by atoms with Crippen molar-refractivity contribution in [1.29, 1.82) is 0 Å². The summed E-state index contributed by atoms with van der Waals surface area (Å²) in [7, 11) is 0. The summed E-state index contributed by atoms with van der Waals surface area (Å²) in [5.74, 6) is -1.17. The summed E-state index contributed by atoms with van der Waals surface area (Å²) in [5, 5.41) is 11.6. The van der Waals surface area contributed by atoms with Crippen molar-refractivity contribution in [2.75, 3.05) is 0 Å². The third kappa shape index (κ3) is 2.25. The Morgan fingerprint density at radius 2 is 2.19 bits per heavy atom. The minimum absolute atomic E-state index is 0.0441. The molecule has 0 fully saturated rings. The Hall–Kier alpha value is -2.74. The molecule has 7 nitrogen and oxygen atoms in total. The van der Waals surface area contributed by atoms with Crippen LogP contribution in [0.15, 0.2) is 39.4 Å². The molecule has 0 saturated carbocycles. The van der Waals surface area contributed by atoms with E-state index in [0.29, 0.717) is 10.5 Å². The minimum atomic E-state index is -1.17. The number of fused-ring (bicyclic) bond motifs is 1. The Bertz CT molecular complexity index is 940. The van der Waals surface area contributed by atoms with Gasteiger partial charge in [-0.1, -0.05) is 6.07 Å². The quantitative estimate of drug-likeness (QED) is 0.699. The number of aromatic carboxylic acids is 1.